The van der Waals surface area contributed by atoms with Crippen LogP contribution < -0.4 is 0 Å². The van der Waals surface area contributed by atoms with Gasteiger partial charge in [0.05, 0.1) is 0 Å². The van der Waals surface area contributed by atoms with Crippen LogP contribution >= 0.6 is 27.3 Å². The summed E-state index contributed by atoms with van der Waals surface area (Å²) in [6.45, 7) is 2.81. The van der Waals surface area contributed by atoms with Crippen LogP contribution in [0.15, 0.2) is 20.4 Å². The lowest BCUT2D eigenvalue weighted by Gasteiger charge is -2.17. The number of halogens is 1. The summed E-state index contributed by atoms with van der Waals surface area (Å²) < 4.78 is 12.2. The first-order valence-corrected chi connectivity index (χ1v) is 8.03. The largest absolute Gasteiger partial charge is 0.367 e. The second-order valence-corrected chi connectivity index (χ2v) is 6.84. The number of ether oxygens (including phenoxy) is 1. The van der Waals surface area contributed by atoms with Gasteiger partial charge in [-0.3, -0.25) is 0 Å². The average molecular weight is 343 g/mol. The van der Waals surface area contributed by atoms with Crippen molar-refractivity contribution in [3.63, 3.8) is 0 Å². The minimum Gasteiger partial charge on any atom is -0.367 e. The molecule has 0 radical (unpaired) electrons. The number of hydrogen-bond acceptors (Lipinski definition) is 5. The molecule has 3 rings (SSSR count). The molecule has 1 atom stereocenters. The number of aryl methyl sites for hydroxylation is 2. The molecule has 1 fully saturated rings. The Hall–Kier alpha value is -0.720. The van der Waals surface area contributed by atoms with E-state index in [2.05, 4.69) is 37.5 Å². The van der Waals surface area contributed by atoms with E-state index in [4.69, 9.17) is 9.26 Å². The standard InChI is InChI=1S/C13H15BrN2O2S/c1-13(5-2-6-17-13)12-15-11(18-16-12)4-3-10-7-9(14)8-19-10/h7-8H,2-6H2,1H3. The number of nitrogens with zero attached hydrogens (tertiary/aromatic N) is 2. The zero-order valence-electron chi connectivity index (χ0n) is 10.7. The molecule has 1 aliphatic rings. The Labute approximate surface area is 124 Å². The summed E-state index contributed by atoms with van der Waals surface area (Å²) in [6, 6.07) is 2.13. The molecule has 0 N–H and O–H groups in total. The van der Waals surface area contributed by atoms with E-state index in [1.165, 1.54) is 4.88 Å². The highest BCUT2D eigenvalue weighted by Crippen LogP contribution is 2.33. The quantitative estimate of drug-likeness (QED) is 0.849. The van der Waals surface area contributed by atoms with Crippen LogP contribution in [0, 0.1) is 0 Å². The van der Waals surface area contributed by atoms with Gasteiger partial charge in [0.2, 0.25) is 11.7 Å². The summed E-state index contributed by atoms with van der Waals surface area (Å²) in [6.07, 6.45) is 3.72. The molecule has 0 bridgehead atoms. The molecule has 19 heavy (non-hydrogen) atoms. The first-order valence-electron chi connectivity index (χ1n) is 6.36. The highest BCUT2D eigenvalue weighted by atomic mass is 79.9. The van der Waals surface area contributed by atoms with Crippen molar-refractivity contribution in [2.24, 2.45) is 0 Å². The highest BCUT2D eigenvalue weighted by molar-refractivity contribution is 9.10. The van der Waals surface area contributed by atoms with Gasteiger partial charge in [-0.2, -0.15) is 4.98 Å². The third-order valence-corrected chi connectivity index (χ3v) is 5.12. The minimum absolute atomic E-state index is 0.353. The van der Waals surface area contributed by atoms with Gasteiger partial charge < -0.3 is 9.26 Å². The van der Waals surface area contributed by atoms with Gasteiger partial charge in [0.25, 0.3) is 0 Å². The molecule has 0 aliphatic carbocycles. The fraction of sp³-hybridized carbons (Fsp3) is 0.538. The van der Waals surface area contributed by atoms with Crippen molar-refractivity contribution in [3.8, 4) is 0 Å². The lowest BCUT2D eigenvalue weighted by molar-refractivity contribution is 0.00768. The normalized spacial score (nSPS) is 23.1. The van der Waals surface area contributed by atoms with Crippen molar-refractivity contribution < 1.29 is 9.26 Å². The fourth-order valence-corrected chi connectivity index (χ4v) is 3.70. The van der Waals surface area contributed by atoms with Gasteiger partial charge >= 0.3 is 0 Å². The topological polar surface area (TPSA) is 48.2 Å². The molecule has 2 aromatic rings. The Morgan fingerprint density at radius 3 is 3.05 bits per heavy atom. The van der Waals surface area contributed by atoms with Gasteiger partial charge in [-0.25, -0.2) is 0 Å². The Kier molecular flexibility index (Phi) is 3.73. The van der Waals surface area contributed by atoms with E-state index in [1.807, 2.05) is 6.92 Å². The molecule has 102 valence electrons. The van der Waals surface area contributed by atoms with E-state index in [0.717, 1.165) is 36.8 Å². The molecule has 4 nitrogen and oxygen atoms in total. The van der Waals surface area contributed by atoms with Crippen LogP contribution in [0.1, 0.15) is 36.4 Å². The zero-order valence-corrected chi connectivity index (χ0v) is 13.1. The molecule has 0 spiro atoms. The van der Waals surface area contributed by atoms with Gasteiger partial charge in [0.1, 0.15) is 5.60 Å². The van der Waals surface area contributed by atoms with Crippen molar-refractivity contribution in [2.45, 2.75) is 38.2 Å². The second kappa shape index (κ2) is 5.34. The van der Waals surface area contributed by atoms with Crippen molar-refractivity contribution in [2.75, 3.05) is 6.61 Å². The van der Waals surface area contributed by atoms with E-state index in [1.54, 1.807) is 11.3 Å². The smallest absolute Gasteiger partial charge is 0.227 e. The summed E-state index contributed by atoms with van der Waals surface area (Å²) in [5.41, 5.74) is -0.353. The monoisotopic (exact) mass is 342 g/mol. The Morgan fingerprint density at radius 2 is 2.37 bits per heavy atom. The van der Waals surface area contributed by atoms with Gasteiger partial charge in [-0.05, 0) is 48.2 Å². The van der Waals surface area contributed by atoms with Gasteiger partial charge in [-0.1, -0.05) is 5.16 Å². The maximum atomic E-state index is 5.72. The highest BCUT2D eigenvalue weighted by Gasteiger charge is 2.36. The van der Waals surface area contributed by atoms with Crippen LogP contribution in [0.4, 0.5) is 0 Å². The number of hydrogen-bond donors (Lipinski definition) is 0. The zero-order chi connectivity index (χ0) is 13.3. The van der Waals surface area contributed by atoms with E-state index in [0.29, 0.717) is 11.7 Å². The van der Waals surface area contributed by atoms with E-state index >= 15 is 0 Å². The fourth-order valence-electron chi connectivity index (χ4n) is 2.24. The maximum Gasteiger partial charge on any atom is 0.227 e. The lowest BCUT2D eigenvalue weighted by Crippen LogP contribution is -2.21. The van der Waals surface area contributed by atoms with Gasteiger partial charge in [0.15, 0.2) is 0 Å². The van der Waals surface area contributed by atoms with Crippen LogP contribution in [0.5, 0.6) is 0 Å². The molecule has 1 saturated heterocycles. The molecule has 1 unspecified atom stereocenters. The molecular formula is C13H15BrN2O2S. The van der Waals surface area contributed by atoms with Crippen LogP contribution in [0.3, 0.4) is 0 Å². The molecule has 1 aliphatic heterocycles. The van der Waals surface area contributed by atoms with Crippen LogP contribution in [0.2, 0.25) is 0 Å². The average Bonchev–Trinajstić information content (AvgIpc) is 3.08. The summed E-state index contributed by atoms with van der Waals surface area (Å²) in [7, 11) is 0. The maximum absolute atomic E-state index is 5.72. The molecular weight excluding hydrogens is 328 g/mol. The van der Waals surface area contributed by atoms with Gasteiger partial charge in [-0.15, -0.1) is 11.3 Å². The van der Waals surface area contributed by atoms with Crippen LogP contribution in [-0.2, 0) is 23.2 Å². The molecule has 2 aromatic heterocycles. The predicted molar refractivity (Wildman–Crippen MR) is 76.3 cm³/mol. The van der Waals surface area contributed by atoms with Crippen LogP contribution in [-0.4, -0.2) is 16.7 Å². The van der Waals surface area contributed by atoms with Gasteiger partial charge in [0, 0.05) is 27.8 Å². The summed E-state index contributed by atoms with van der Waals surface area (Å²) in [5, 5.41) is 6.16. The van der Waals surface area contributed by atoms with E-state index in [9.17, 15) is 0 Å². The minimum atomic E-state index is -0.353. The van der Waals surface area contributed by atoms with E-state index in [-0.39, 0.29) is 5.60 Å². The molecule has 3 heterocycles. The van der Waals surface area contributed by atoms with E-state index < -0.39 is 0 Å². The Balaban J connectivity index is 1.65. The first-order chi connectivity index (χ1) is 9.16. The third kappa shape index (κ3) is 2.90. The molecule has 6 heteroatoms. The van der Waals surface area contributed by atoms with Crippen molar-refractivity contribution in [3.05, 3.63) is 32.5 Å². The van der Waals surface area contributed by atoms with Crippen molar-refractivity contribution >= 4 is 27.3 Å². The summed E-state index contributed by atoms with van der Waals surface area (Å²) >= 11 is 5.20. The molecule has 0 amide bonds. The Bertz CT molecular complexity index is 560. The first kappa shape index (κ1) is 13.3. The molecule has 0 aromatic carbocycles. The third-order valence-electron chi connectivity index (χ3n) is 3.37. The number of thiophene rings is 1. The Morgan fingerprint density at radius 1 is 1.47 bits per heavy atom. The SMILES string of the molecule is CC1(c2noc(CCc3cc(Br)cs3)n2)CCCO1. The van der Waals surface area contributed by atoms with Crippen molar-refractivity contribution in [1.82, 2.24) is 10.1 Å². The van der Waals surface area contributed by atoms with Crippen LogP contribution in [0.25, 0.3) is 0 Å². The van der Waals surface area contributed by atoms with Crippen molar-refractivity contribution in [1.29, 1.82) is 0 Å². The molecule has 0 saturated carbocycles. The second-order valence-electron chi connectivity index (χ2n) is 4.93. The summed E-state index contributed by atoms with van der Waals surface area (Å²) in [4.78, 5) is 5.79. The predicted octanol–water partition coefficient (Wildman–Crippen LogP) is 3.70. The number of aromatic nitrogens is 2. The summed E-state index contributed by atoms with van der Waals surface area (Å²) in [5.74, 6) is 1.38. The number of rotatable bonds is 4. The lowest BCUT2D eigenvalue weighted by atomic mass is 10.0.